The number of thioether (sulfide) groups is 1. The van der Waals surface area contributed by atoms with E-state index in [9.17, 15) is 4.79 Å². The SMILES string of the molecule is C=CC1(CCC#N)Sc2ccc(Br)cc2C1=O. The molecule has 1 aliphatic rings. The van der Waals surface area contributed by atoms with Crippen molar-refractivity contribution in [3.8, 4) is 6.07 Å². The highest BCUT2D eigenvalue weighted by molar-refractivity contribution is 9.10. The Morgan fingerprint density at radius 2 is 2.35 bits per heavy atom. The Kier molecular flexibility index (Phi) is 3.41. The van der Waals surface area contributed by atoms with E-state index in [1.54, 1.807) is 6.08 Å². The molecule has 0 aliphatic carbocycles. The third-order valence-electron chi connectivity index (χ3n) is 2.80. The first-order valence-electron chi connectivity index (χ1n) is 5.17. The molecule has 1 heterocycles. The smallest absolute Gasteiger partial charge is 0.184 e. The summed E-state index contributed by atoms with van der Waals surface area (Å²) in [4.78, 5) is 13.4. The summed E-state index contributed by atoms with van der Waals surface area (Å²) in [6.45, 7) is 3.76. The molecule has 0 fully saturated rings. The number of Topliss-reactive ketones (excluding diaryl/α,β-unsaturated/α-hetero) is 1. The highest BCUT2D eigenvalue weighted by Gasteiger charge is 2.43. The topological polar surface area (TPSA) is 40.9 Å². The molecule has 1 aromatic rings. The van der Waals surface area contributed by atoms with Crippen LogP contribution in [0, 0.1) is 11.3 Å². The van der Waals surface area contributed by atoms with Crippen molar-refractivity contribution < 1.29 is 4.79 Å². The van der Waals surface area contributed by atoms with Crippen LogP contribution in [0.1, 0.15) is 23.2 Å². The van der Waals surface area contributed by atoms with Gasteiger partial charge in [-0.25, -0.2) is 0 Å². The number of carbonyl (C=O) groups excluding carboxylic acids is 1. The van der Waals surface area contributed by atoms with Crippen LogP contribution in [-0.4, -0.2) is 10.5 Å². The van der Waals surface area contributed by atoms with E-state index in [4.69, 9.17) is 5.26 Å². The molecule has 0 spiro atoms. The molecule has 2 nitrogen and oxygen atoms in total. The summed E-state index contributed by atoms with van der Waals surface area (Å²) in [6, 6.07) is 7.77. The minimum Gasteiger partial charge on any atom is -0.292 e. The molecule has 0 bridgehead atoms. The van der Waals surface area contributed by atoms with Crippen LogP contribution in [0.25, 0.3) is 0 Å². The fourth-order valence-electron chi connectivity index (χ4n) is 1.88. The average molecular weight is 308 g/mol. The molecule has 0 aromatic heterocycles. The minimum absolute atomic E-state index is 0.0593. The van der Waals surface area contributed by atoms with Gasteiger partial charge in [-0.15, -0.1) is 18.3 Å². The van der Waals surface area contributed by atoms with Crippen LogP contribution in [0.2, 0.25) is 0 Å². The predicted molar refractivity (Wildman–Crippen MR) is 72.1 cm³/mol. The molecule has 0 saturated carbocycles. The number of fused-ring (bicyclic) bond motifs is 1. The van der Waals surface area contributed by atoms with Gasteiger partial charge in [0, 0.05) is 21.4 Å². The molecule has 1 unspecified atom stereocenters. The van der Waals surface area contributed by atoms with E-state index in [1.807, 2.05) is 18.2 Å². The van der Waals surface area contributed by atoms with Crippen LogP contribution in [0.3, 0.4) is 0 Å². The molecule has 17 heavy (non-hydrogen) atoms. The summed E-state index contributed by atoms with van der Waals surface area (Å²) in [5.41, 5.74) is 0.724. The maximum absolute atomic E-state index is 12.4. The molecule has 0 amide bonds. The van der Waals surface area contributed by atoms with Crippen molar-refractivity contribution in [2.75, 3.05) is 0 Å². The summed E-state index contributed by atoms with van der Waals surface area (Å²) >= 11 is 4.87. The zero-order chi connectivity index (χ0) is 12.5. The summed E-state index contributed by atoms with van der Waals surface area (Å²) < 4.78 is 0.240. The number of carbonyl (C=O) groups is 1. The van der Waals surface area contributed by atoms with Crippen LogP contribution in [-0.2, 0) is 0 Å². The zero-order valence-corrected chi connectivity index (χ0v) is 11.5. The minimum atomic E-state index is -0.654. The van der Waals surface area contributed by atoms with E-state index in [1.165, 1.54) is 11.8 Å². The number of rotatable bonds is 3. The molecule has 1 aromatic carbocycles. The lowest BCUT2D eigenvalue weighted by atomic mass is 9.93. The molecule has 4 heteroatoms. The highest BCUT2D eigenvalue weighted by Crippen LogP contribution is 2.48. The average Bonchev–Trinajstić information content (AvgIpc) is 2.61. The standard InChI is InChI=1S/C13H10BrNOS/c1-2-13(6-3-7-15)12(16)10-8-9(14)4-5-11(10)17-13/h2,4-5,8H,1,3,6H2. The highest BCUT2D eigenvalue weighted by atomic mass is 79.9. The first kappa shape index (κ1) is 12.4. The largest absolute Gasteiger partial charge is 0.292 e. The van der Waals surface area contributed by atoms with Crippen LogP contribution in [0.5, 0.6) is 0 Å². The monoisotopic (exact) mass is 307 g/mol. The van der Waals surface area contributed by atoms with Gasteiger partial charge in [0.1, 0.15) is 4.75 Å². The van der Waals surface area contributed by atoms with Gasteiger partial charge in [0.05, 0.1) is 6.07 Å². The van der Waals surface area contributed by atoms with E-state index >= 15 is 0 Å². The molecule has 0 N–H and O–H groups in total. The number of hydrogen-bond acceptors (Lipinski definition) is 3. The number of hydrogen-bond donors (Lipinski definition) is 0. The Hall–Kier alpha value is -1.05. The molecule has 1 atom stereocenters. The van der Waals surface area contributed by atoms with Gasteiger partial charge >= 0.3 is 0 Å². The third kappa shape index (κ3) is 2.05. The number of nitrogens with zero attached hydrogens (tertiary/aromatic N) is 1. The number of halogens is 1. The second-order valence-electron chi connectivity index (χ2n) is 3.82. The molecule has 2 rings (SSSR count). The van der Waals surface area contributed by atoms with Gasteiger partial charge in [-0.1, -0.05) is 22.0 Å². The first-order valence-corrected chi connectivity index (χ1v) is 6.78. The van der Waals surface area contributed by atoms with Crippen molar-refractivity contribution in [3.63, 3.8) is 0 Å². The van der Waals surface area contributed by atoms with Gasteiger partial charge in [0.2, 0.25) is 0 Å². The first-order chi connectivity index (χ1) is 8.13. The van der Waals surface area contributed by atoms with Gasteiger partial charge in [0.25, 0.3) is 0 Å². The van der Waals surface area contributed by atoms with Gasteiger partial charge in [0.15, 0.2) is 5.78 Å². The summed E-state index contributed by atoms with van der Waals surface area (Å²) in [5.74, 6) is 0.0593. The number of nitriles is 1. The van der Waals surface area contributed by atoms with Gasteiger partial charge < -0.3 is 0 Å². The summed E-state index contributed by atoms with van der Waals surface area (Å²) in [6.07, 6.45) is 2.55. The molecular formula is C13H10BrNOS. The predicted octanol–water partition coefficient (Wildman–Crippen LogP) is 3.97. The summed E-state index contributed by atoms with van der Waals surface area (Å²) in [5, 5.41) is 8.67. The summed E-state index contributed by atoms with van der Waals surface area (Å²) in [7, 11) is 0. The lowest BCUT2D eigenvalue weighted by molar-refractivity contribution is 0.0962. The van der Waals surface area contributed by atoms with Crippen molar-refractivity contribution >= 4 is 33.5 Å². The quantitative estimate of drug-likeness (QED) is 0.793. The maximum atomic E-state index is 12.4. The normalized spacial score (nSPS) is 22.0. The van der Waals surface area contributed by atoms with Gasteiger partial charge in [-0.05, 0) is 24.6 Å². The molecule has 0 saturated heterocycles. The third-order valence-corrected chi connectivity index (χ3v) is 4.79. The molecule has 86 valence electrons. The Bertz CT molecular complexity index is 535. The Morgan fingerprint density at radius 3 is 3.00 bits per heavy atom. The van der Waals surface area contributed by atoms with E-state index in [-0.39, 0.29) is 5.78 Å². The lowest BCUT2D eigenvalue weighted by Gasteiger charge is -2.20. The van der Waals surface area contributed by atoms with E-state index in [0.717, 1.165) is 14.9 Å². The zero-order valence-electron chi connectivity index (χ0n) is 9.07. The fraction of sp³-hybridized carbons (Fsp3) is 0.231. The van der Waals surface area contributed by atoms with Crippen LogP contribution < -0.4 is 0 Å². The van der Waals surface area contributed by atoms with Crippen LogP contribution >= 0.6 is 27.7 Å². The maximum Gasteiger partial charge on any atom is 0.184 e. The number of ketones is 1. The molecule has 0 radical (unpaired) electrons. The van der Waals surface area contributed by atoms with Crippen molar-refractivity contribution in [2.45, 2.75) is 22.5 Å². The molecule has 1 aliphatic heterocycles. The van der Waals surface area contributed by atoms with Crippen molar-refractivity contribution in [3.05, 3.63) is 40.9 Å². The van der Waals surface area contributed by atoms with Crippen molar-refractivity contribution in [1.82, 2.24) is 0 Å². The van der Waals surface area contributed by atoms with Crippen LogP contribution in [0.4, 0.5) is 0 Å². The lowest BCUT2D eigenvalue weighted by Crippen LogP contribution is -2.28. The van der Waals surface area contributed by atoms with Crippen molar-refractivity contribution in [2.24, 2.45) is 0 Å². The second-order valence-corrected chi connectivity index (χ2v) is 6.11. The number of benzene rings is 1. The van der Waals surface area contributed by atoms with Crippen molar-refractivity contribution in [1.29, 1.82) is 5.26 Å². The molecular weight excluding hydrogens is 298 g/mol. The fourth-order valence-corrected chi connectivity index (χ4v) is 3.52. The van der Waals surface area contributed by atoms with E-state index in [2.05, 4.69) is 28.6 Å². The second kappa shape index (κ2) is 4.67. The Labute approximate surface area is 113 Å². The Morgan fingerprint density at radius 1 is 1.59 bits per heavy atom. The van der Waals surface area contributed by atoms with E-state index < -0.39 is 4.75 Å². The van der Waals surface area contributed by atoms with Gasteiger partial charge in [-0.3, -0.25) is 4.79 Å². The Balaban J connectivity index is 2.41. The van der Waals surface area contributed by atoms with Crippen LogP contribution in [0.15, 0.2) is 40.2 Å². The van der Waals surface area contributed by atoms with Gasteiger partial charge in [-0.2, -0.15) is 5.26 Å². The van der Waals surface area contributed by atoms with E-state index in [0.29, 0.717) is 12.8 Å².